The van der Waals surface area contributed by atoms with Gasteiger partial charge >= 0.3 is 5.97 Å². The molecule has 130 valence electrons. The number of aliphatic carboxylic acids is 1. The normalized spacial score (nSPS) is 18.8. The fourth-order valence-electron chi connectivity index (χ4n) is 3.60. The van der Waals surface area contributed by atoms with Gasteiger partial charge in [0.15, 0.2) is 0 Å². The maximum atomic E-state index is 13.0. The van der Waals surface area contributed by atoms with Crippen molar-refractivity contribution in [1.29, 1.82) is 0 Å². The van der Waals surface area contributed by atoms with Gasteiger partial charge in [-0.1, -0.05) is 30.3 Å². The first-order chi connectivity index (χ1) is 11.8. The van der Waals surface area contributed by atoms with Gasteiger partial charge in [-0.3, -0.25) is 9.59 Å². The molecule has 1 unspecified atom stereocenters. The minimum absolute atomic E-state index is 0.166. The molecular weight excluding hydrogens is 321 g/mol. The number of carboxylic acid groups (broad SMARTS) is 1. The van der Waals surface area contributed by atoms with Crippen LogP contribution < -0.4 is 0 Å². The molecule has 5 heteroatoms. The monoisotopic (exact) mass is 341 g/mol. The van der Waals surface area contributed by atoms with Gasteiger partial charge in [-0.2, -0.15) is 0 Å². The third-order valence-electron chi connectivity index (χ3n) is 4.93. The van der Waals surface area contributed by atoms with E-state index in [1.54, 1.807) is 55.1 Å². The van der Waals surface area contributed by atoms with Gasteiger partial charge in [-0.15, -0.1) is 0 Å². The average Bonchev–Trinajstić information content (AvgIpc) is 2.55. The Bertz CT molecular complexity index is 814. The van der Waals surface area contributed by atoms with Crippen molar-refractivity contribution in [2.75, 3.05) is 6.54 Å². The quantitative estimate of drug-likeness (QED) is 0.926. The largest absolute Gasteiger partial charge is 0.481 e. The zero-order chi connectivity index (χ0) is 18.2. The molecule has 0 saturated carbocycles. The topological polar surface area (TPSA) is 57.6 Å². The molecule has 0 spiro atoms. The summed E-state index contributed by atoms with van der Waals surface area (Å²) in [5, 5.41) is 9.76. The highest BCUT2D eigenvalue weighted by molar-refractivity contribution is 6.00. The lowest BCUT2D eigenvalue weighted by Crippen LogP contribution is -2.57. The molecule has 4 nitrogen and oxygen atoms in total. The Kier molecular flexibility index (Phi) is 4.33. The van der Waals surface area contributed by atoms with Gasteiger partial charge in [0.05, 0.1) is 5.54 Å². The zero-order valence-electron chi connectivity index (χ0n) is 14.2. The second-order valence-electron chi connectivity index (χ2n) is 6.85. The van der Waals surface area contributed by atoms with Crippen molar-refractivity contribution in [1.82, 2.24) is 4.90 Å². The van der Waals surface area contributed by atoms with E-state index in [-0.39, 0.29) is 11.7 Å². The number of amides is 1. The van der Waals surface area contributed by atoms with Crippen molar-refractivity contribution in [3.63, 3.8) is 0 Å². The molecule has 0 fully saturated rings. The first kappa shape index (κ1) is 17.1. The molecule has 0 aliphatic carbocycles. The molecule has 3 rings (SSSR count). The summed E-state index contributed by atoms with van der Waals surface area (Å²) in [7, 11) is 0. The Morgan fingerprint density at radius 1 is 1.16 bits per heavy atom. The van der Waals surface area contributed by atoms with Gasteiger partial charge in [0.2, 0.25) is 0 Å². The molecule has 0 saturated heterocycles. The lowest BCUT2D eigenvalue weighted by Gasteiger charge is -2.47. The summed E-state index contributed by atoms with van der Waals surface area (Å²) in [5.74, 6) is -2.22. The molecule has 0 radical (unpaired) electrons. The Labute approximate surface area is 145 Å². The van der Waals surface area contributed by atoms with E-state index in [9.17, 15) is 19.1 Å². The van der Waals surface area contributed by atoms with E-state index in [1.807, 2.05) is 0 Å². The summed E-state index contributed by atoms with van der Waals surface area (Å²) in [5.41, 5.74) is 1.03. The highest BCUT2D eigenvalue weighted by Gasteiger charge is 2.48. The van der Waals surface area contributed by atoms with Crippen LogP contribution >= 0.6 is 0 Å². The lowest BCUT2D eigenvalue weighted by atomic mass is 9.75. The van der Waals surface area contributed by atoms with Crippen LogP contribution in [0.5, 0.6) is 0 Å². The number of hydrogen-bond acceptors (Lipinski definition) is 2. The van der Waals surface area contributed by atoms with E-state index in [0.717, 1.165) is 5.56 Å². The Hall–Kier alpha value is -2.69. The second kappa shape index (κ2) is 6.31. The number of hydrogen-bond donors (Lipinski definition) is 1. The number of halogens is 1. The number of rotatable bonds is 4. The maximum absolute atomic E-state index is 13.0. The second-order valence-corrected chi connectivity index (χ2v) is 6.85. The van der Waals surface area contributed by atoms with Crippen LogP contribution in [-0.4, -0.2) is 34.0 Å². The summed E-state index contributed by atoms with van der Waals surface area (Å²) in [4.78, 5) is 26.5. The summed E-state index contributed by atoms with van der Waals surface area (Å²) in [6.07, 6.45) is 0.532. The van der Waals surface area contributed by atoms with Crippen molar-refractivity contribution < 1.29 is 19.1 Å². The van der Waals surface area contributed by atoms with Crippen molar-refractivity contribution >= 4 is 11.9 Å². The zero-order valence-corrected chi connectivity index (χ0v) is 14.2. The molecule has 0 aromatic heterocycles. The van der Waals surface area contributed by atoms with Crippen LogP contribution in [0.15, 0.2) is 48.5 Å². The predicted octanol–water partition coefficient (Wildman–Crippen LogP) is 3.47. The van der Waals surface area contributed by atoms with E-state index >= 15 is 0 Å². The molecule has 0 bridgehead atoms. The van der Waals surface area contributed by atoms with Crippen molar-refractivity contribution in [2.45, 2.75) is 31.7 Å². The number of carbonyl (C=O) groups is 2. The van der Waals surface area contributed by atoms with Gasteiger partial charge in [-0.05, 0) is 49.6 Å². The Morgan fingerprint density at radius 2 is 1.80 bits per heavy atom. The van der Waals surface area contributed by atoms with E-state index in [1.165, 1.54) is 12.1 Å². The van der Waals surface area contributed by atoms with Gasteiger partial charge in [-0.25, -0.2) is 4.39 Å². The number of carbonyl (C=O) groups excluding carboxylic acids is 1. The van der Waals surface area contributed by atoms with Crippen LogP contribution in [-0.2, 0) is 11.2 Å². The summed E-state index contributed by atoms with van der Waals surface area (Å²) < 4.78 is 13.0. The highest BCUT2D eigenvalue weighted by Crippen LogP contribution is 2.40. The molecule has 2 aromatic carbocycles. The standard InChI is InChI=1S/C20H20FNO3/c1-20(2)17(19(24)25)15-5-3-4-6-16(15)18(23)22(20)12-11-13-7-9-14(21)10-8-13/h3-10,17H,11-12H2,1-2H3,(H,24,25). The molecule has 2 aromatic rings. The molecule has 1 heterocycles. The summed E-state index contributed by atoms with van der Waals surface area (Å²) in [6, 6.07) is 13.0. The molecule has 1 aliphatic heterocycles. The number of carboxylic acids is 1. The predicted molar refractivity (Wildman–Crippen MR) is 92.0 cm³/mol. The maximum Gasteiger partial charge on any atom is 0.313 e. The minimum atomic E-state index is -0.947. The first-order valence-corrected chi connectivity index (χ1v) is 8.20. The Balaban J connectivity index is 1.94. The highest BCUT2D eigenvalue weighted by atomic mass is 19.1. The molecule has 1 N–H and O–H groups in total. The smallest absolute Gasteiger partial charge is 0.313 e. The number of nitrogens with zero attached hydrogens (tertiary/aromatic N) is 1. The van der Waals surface area contributed by atoms with Crippen LogP contribution in [0, 0.1) is 5.82 Å². The van der Waals surface area contributed by atoms with E-state index in [4.69, 9.17) is 0 Å². The van der Waals surface area contributed by atoms with Crippen LogP contribution in [0.25, 0.3) is 0 Å². The molecular formula is C20H20FNO3. The van der Waals surface area contributed by atoms with Crippen LogP contribution in [0.4, 0.5) is 4.39 Å². The van der Waals surface area contributed by atoms with Gasteiger partial charge < -0.3 is 10.0 Å². The molecule has 1 aliphatic rings. The van der Waals surface area contributed by atoms with Gasteiger partial charge in [0.1, 0.15) is 11.7 Å². The van der Waals surface area contributed by atoms with Crippen LogP contribution in [0.3, 0.4) is 0 Å². The van der Waals surface area contributed by atoms with Crippen molar-refractivity contribution in [3.8, 4) is 0 Å². The van der Waals surface area contributed by atoms with Gasteiger partial charge in [0, 0.05) is 12.1 Å². The van der Waals surface area contributed by atoms with E-state index < -0.39 is 17.4 Å². The van der Waals surface area contributed by atoms with Crippen LogP contribution in [0.1, 0.15) is 41.3 Å². The van der Waals surface area contributed by atoms with Crippen molar-refractivity contribution in [2.24, 2.45) is 0 Å². The summed E-state index contributed by atoms with van der Waals surface area (Å²) >= 11 is 0. The average molecular weight is 341 g/mol. The van der Waals surface area contributed by atoms with Crippen LogP contribution in [0.2, 0.25) is 0 Å². The lowest BCUT2D eigenvalue weighted by molar-refractivity contribution is -0.142. The molecule has 1 atom stereocenters. The first-order valence-electron chi connectivity index (χ1n) is 8.20. The SMILES string of the molecule is CC1(C)C(C(=O)O)c2ccccc2C(=O)N1CCc1ccc(F)cc1. The Morgan fingerprint density at radius 3 is 2.44 bits per heavy atom. The minimum Gasteiger partial charge on any atom is -0.481 e. The molecule has 1 amide bonds. The van der Waals surface area contributed by atoms with E-state index in [2.05, 4.69) is 0 Å². The number of fused-ring (bicyclic) bond motifs is 1. The van der Waals surface area contributed by atoms with Gasteiger partial charge in [0.25, 0.3) is 5.91 Å². The fraction of sp³-hybridized carbons (Fsp3) is 0.300. The van der Waals surface area contributed by atoms with Crippen molar-refractivity contribution in [3.05, 3.63) is 71.0 Å². The number of benzene rings is 2. The third kappa shape index (κ3) is 3.02. The fourth-order valence-corrected chi connectivity index (χ4v) is 3.60. The summed E-state index contributed by atoms with van der Waals surface area (Å²) in [6.45, 7) is 3.93. The van der Waals surface area contributed by atoms with E-state index in [0.29, 0.717) is 24.1 Å². The third-order valence-corrected chi connectivity index (χ3v) is 4.93. The molecule has 25 heavy (non-hydrogen) atoms.